The van der Waals surface area contributed by atoms with E-state index in [2.05, 4.69) is 109 Å². The van der Waals surface area contributed by atoms with Gasteiger partial charge in [0.25, 0.3) is 0 Å². The van der Waals surface area contributed by atoms with Crippen molar-refractivity contribution in [3.63, 3.8) is 0 Å². The van der Waals surface area contributed by atoms with Crippen LogP contribution in [0, 0.1) is 0 Å². The molecule has 0 nitrogen and oxygen atoms in total. The van der Waals surface area contributed by atoms with Gasteiger partial charge in [-0.05, 0) is 70.7 Å². The highest BCUT2D eigenvalue weighted by atomic mass is 14.3. The molecule has 29 heavy (non-hydrogen) atoms. The minimum Gasteiger partial charge on any atom is -0.0796 e. The van der Waals surface area contributed by atoms with Crippen LogP contribution in [0.15, 0.2) is 66.3 Å². The second-order valence-electron chi connectivity index (χ2n) is 10.6. The van der Waals surface area contributed by atoms with Crippen LogP contribution in [0.3, 0.4) is 0 Å². The molecule has 0 unspecified atom stereocenters. The molecule has 0 spiro atoms. The molecule has 0 heteroatoms. The van der Waals surface area contributed by atoms with Crippen molar-refractivity contribution in [1.29, 1.82) is 0 Å². The van der Waals surface area contributed by atoms with E-state index in [1.165, 1.54) is 44.5 Å². The molecule has 0 aliphatic heterocycles. The van der Waals surface area contributed by atoms with E-state index in [9.17, 15) is 0 Å². The lowest BCUT2D eigenvalue weighted by atomic mass is 9.80. The molecule has 0 atom stereocenters. The number of hydrogen-bond acceptors (Lipinski definition) is 0. The zero-order chi connectivity index (χ0) is 21.0. The zero-order valence-electron chi connectivity index (χ0n) is 19.1. The van der Waals surface area contributed by atoms with Crippen LogP contribution in [-0.4, -0.2) is 0 Å². The first-order valence-electron chi connectivity index (χ1n) is 10.9. The van der Waals surface area contributed by atoms with E-state index in [0.717, 1.165) is 6.42 Å². The van der Waals surface area contributed by atoms with Crippen LogP contribution in [-0.2, 0) is 17.3 Å². The number of fused-ring (bicyclic) bond motifs is 3. The predicted molar refractivity (Wildman–Crippen MR) is 127 cm³/mol. The third-order valence-corrected chi connectivity index (χ3v) is 6.42. The summed E-state index contributed by atoms with van der Waals surface area (Å²) in [5.41, 5.74) is 11.7. The Morgan fingerprint density at radius 2 is 1.52 bits per heavy atom. The van der Waals surface area contributed by atoms with Crippen LogP contribution in [0.4, 0.5) is 0 Å². The topological polar surface area (TPSA) is 0 Å². The zero-order valence-corrected chi connectivity index (χ0v) is 19.1. The average Bonchev–Trinajstić information content (AvgIpc) is 3.26. The van der Waals surface area contributed by atoms with Gasteiger partial charge < -0.3 is 0 Å². The maximum atomic E-state index is 2.46. The normalized spacial score (nSPS) is 15.6. The van der Waals surface area contributed by atoms with Gasteiger partial charge >= 0.3 is 0 Å². The molecule has 0 N–H and O–H groups in total. The van der Waals surface area contributed by atoms with Crippen LogP contribution in [0.5, 0.6) is 0 Å². The monoisotopic (exact) mass is 382 g/mol. The lowest BCUT2D eigenvalue weighted by molar-refractivity contribution is 0.589. The van der Waals surface area contributed by atoms with Gasteiger partial charge in [-0.25, -0.2) is 0 Å². The third-order valence-electron chi connectivity index (χ3n) is 6.42. The SMILES string of the molecule is CC(C)=CC(C)(C)c1ccc2c(c1)-c1cc(C(C)(C)C)cc(C3C=CC=C3)c1C2. The number of hydrogen-bond donors (Lipinski definition) is 0. The van der Waals surface area contributed by atoms with Gasteiger partial charge in [0.05, 0.1) is 0 Å². The van der Waals surface area contributed by atoms with Crippen molar-refractivity contribution in [1.82, 2.24) is 0 Å². The van der Waals surface area contributed by atoms with Crippen molar-refractivity contribution in [2.45, 2.75) is 71.6 Å². The van der Waals surface area contributed by atoms with Crippen LogP contribution in [0.2, 0.25) is 0 Å². The number of allylic oxidation sites excluding steroid dienone is 6. The third kappa shape index (κ3) is 3.66. The molecule has 2 aliphatic rings. The molecule has 0 bridgehead atoms. The fourth-order valence-corrected chi connectivity index (χ4v) is 4.88. The smallest absolute Gasteiger partial charge is 0.0208 e. The van der Waals surface area contributed by atoms with Gasteiger partial charge in [0.1, 0.15) is 0 Å². The first-order valence-corrected chi connectivity index (χ1v) is 10.9. The van der Waals surface area contributed by atoms with Crippen molar-refractivity contribution < 1.29 is 0 Å². The van der Waals surface area contributed by atoms with Crippen LogP contribution in [0.1, 0.15) is 82.2 Å². The predicted octanol–water partition coefficient (Wildman–Crippen LogP) is 8.01. The molecular formula is C29H34. The van der Waals surface area contributed by atoms with E-state index < -0.39 is 0 Å². The Balaban J connectivity index is 1.90. The van der Waals surface area contributed by atoms with E-state index in [1.807, 2.05) is 0 Å². The first-order chi connectivity index (χ1) is 13.6. The highest BCUT2D eigenvalue weighted by molar-refractivity contribution is 5.80. The summed E-state index contributed by atoms with van der Waals surface area (Å²) in [4.78, 5) is 0. The molecule has 2 aliphatic carbocycles. The van der Waals surface area contributed by atoms with Crippen molar-refractivity contribution >= 4 is 0 Å². The summed E-state index contributed by atoms with van der Waals surface area (Å²) < 4.78 is 0. The highest BCUT2D eigenvalue weighted by Gasteiger charge is 2.29. The minimum absolute atomic E-state index is 0.0397. The van der Waals surface area contributed by atoms with Crippen molar-refractivity contribution in [3.8, 4) is 11.1 Å². The van der Waals surface area contributed by atoms with E-state index in [4.69, 9.17) is 0 Å². The molecule has 0 saturated heterocycles. The molecule has 4 rings (SSSR count). The molecule has 0 saturated carbocycles. The Labute approximate surface area is 177 Å². The molecular weight excluding hydrogens is 348 g/mol. The Bertz CT molecular complexity index is 1030. The maximum Gasteiger partial charge on any atom is 0.0208 e. The molecule has 0 radical (unpaired) electrons. The highest BCUT2D eigenvalue weighted by Crippen LogP contribution is 2.45. The second-order valence-corrected chi connectivity index (χ2v) is 10.6. The average molecular weight is 383 g/mol. The van der Waals surface area contributed by atoms with Gasteiger partial charge in [0.15, 0.2) is 0 Å². The van der Waals surface area contributed by atoms with E-state index in [1.54, 1.807) is 0 Å². The Morgan fingerprint density at radius 1 is 0.862 bits per heavy atom. The van der Waals surface area contributed by atoms with Gasteiger partial charge in [-0.1, -0.05) is 94.8 Å². The summed E-state index contributed by atoms with van der Waals surface area (Å²) in [6.45, 7) is 16.0. The fourth-order valence-electron chi connectivity index (χ4n) is 4.88. The van der Waals surface area contributed by atoms with Crippen molar-refractivity contribution in [2.75, 3.05) is 0 Å². The molecule has 2 aromatic rings. The van der Waals surface area contributed by atoms with Gasteiger partial charge in [0, 0.05) is 11.3 Å². The van der Waals surface area contributed by atoms with E-state index in [-0.39, 0.29) is 10.8 Å². The van der Waals surface area contributed by atoms with Gasteiger partial charge in [0.2, 0.25) is 0 Å². The number of benzene rings is 2. The largest absolute Gasteiger partial charge is 0.0796 e. The summed E-state index contributed by atoms with van der Waals surface area (Å²) >= 11 is 0. The quantitative estimate of drug-likeness (QED) is 0.402. The summed E-state index contributed by atoms with van der Waals surface area (Å²) in [5.74, 6) is 0.405. The van der Waals surface area contributed by atoms with Gasteiger partial charge in [-0.15, -0.1) is 0 Å². The van der Waals surface area contributed by atoms with Gasteiger partial charge in [-0.3, -0.25) is 0 Å². The molecule has 0 fully saturated rings. The van der Waals surface area contributed by atoms with Crippen LogP contribution in [0.25, 0.3) is 11.1 Å². The van der Waals surface area contributed by atoms with E-state index >= 15 is 0 Å². The lowest BCUT2D eigenvalue weighted by Crippen LogP contribution is -2.14. The molecule has 2 aromatic carbocycles. The minimum atomic E-state index is 0.0397. The first kappa shape index (κ1) is 20.0. The molecule has 0 amide bonds. The van der Waals surface area contributed by atoms with Crippen LogP contribution >= 0.6 is 0 Å². The number of rotatable bonds is 3. The summed E-state index contributed by atoms with van der Waals surface area (Å²) in [7, 11) is 0. The lowest BCUT2D eigenvalue weighted by Gasteiger charge is -2.24. The molecule has 150 valence electrons. The summed E-state index contributed by atoms with van der Waals surface area (Å²) in [6, 6.07) is 12.1. The Hall–Kier alpha value is -2.34. The molecule has 0 heterocycles. The van der Waals surface area contributed by atoms with Crippen LogP contribution < -0.4 is 0 Å². The van der Waals surface area contributed by atoms with Gasteiger partial charge in [-0.2, -0.15) is 0 Å². The van der Waals surface area contributed by atoms with Crippen molar-refractivity contribution in [3.05, 3.63) is 94.1 Å². The summed E-state index contributed by atoms with van der Waals surface area (Å²) in [5, 5.41) is 0. The summed E-state index contributed by atoms with van der Waals surface area (Å²) in [6.07, 6.45) is 12.5. The second kappa shape index (κ2) is 6.87. The fraction of sp³-hybridized carbons (Fsp3) is 0.379. The Kier molecular flexibility index (Phi) is 4.73. The van der Waals surface area contributed by atoms with E-state index in [0.29, 0.717) is 5.92 Å². The molecule has 0 aromatic heterocycles. The van der Waals surface area contributed by atoms with Crippen molar-refractivity contribution in [2.24, 2.45) is 0 Å². The standard InChI is InChI=1S/C29H34/c1-19(2)18-29(6,7)22-13-12-21-14-26-24(20-10-8-9-11-20)16-23(28(3,4)5)17-27(26)25(21)15-22/h8-13,15-18,20H,14H2,1-7H3. The maximum absolute atomic E-state index is 2.46. The Morgan fingerprint density at radius 3 is 2.14 bits per heavy atom.